The fourth-order valence-electron chi connectivity index (χ4n) is 4.09. The molecule has 0 bridgehead atoms. The molecule has 0 saturated carbocycles. The lowest BCUT2D eigenvalue weighted by atomic mass is 9.88. The lowest BCUT2D eigenvalue weighted by molar-refractivity contribution is -0.132. The number of carbonyl (C=O) groups excluding carboxylic acids is 2. The van der Waals surface area contributed by atoms with Gasteiger partial charge in [-0.25, -0.2) is 4.39 Å². The van der Waals surface area contributed by atoms with Crippen molar-refractivity contribution in [3.63, 3.8) is 0 Å². The van der Waals surface area contributed by atoms with E-state index in [1.807, 2.05) is 60.7 Å². The summed E-state index contributed by atoms with van der Waals surface area (Å²) in [6, 6.07) is 24.0. The topological polar surface area (TPSA) is 40.6 Å². The van der Waals surface area contributed by atoms with Gasteiger partial charge in [0.2, 0.25) is 5.91 Å². The largest absolute Gasteiger partial charge is 0.339 e. The van der Waals surface area contributed by atoms with Crippen molar-refractivity contribution in [2.24, 2.45) is 0 Å². The van der Waals surface area contributed by atoms with Crippen LogP contribution in [0.25, 0.3) is 0 Å². The molecular weight excluding hydrogens is 427 g/mol. The number of hydrogen-bond donors (Lipinski definition) is 0. The van der Waals surface area contributed by atoms with Crippen molar-refractivity contribution < 1.29 is 14.0 Å². The highest BCUT2D eigenvalue weighted by molar-refractivity contribution is 6.31. The van der Waals surface area contributed by atoms with Gasteiger partial charge in [-0.15, -0.1) is 0 Å². The van der Waals surface area contributed by atoms with Crippen molar-refractivity contribution in [1.82, 2.24) is 9.80 Å². The molecule has 6 heteroatoms. The molecule has 1 saturated heterocycles. The van der Waals surface area contributed by atoms with Crippen LogP contribution in [0.4, 0.5) is 4.39 Å². The predicted molar refractivity (Wildman–Crippen MR) is 123 cm³/mol. The van der Waals surface area contributed by atoms with E-state index in [4.69, 9.17) is 11.6 Å². The Morgan fingerprint density at radius 3 is 1.91 bits per heavy atom. The lowest BCUT2D eigenvalue weighted by Crippen LogP contribution is -2.51. The maximum absolute atomic E-state index is 14.1. The van der Waals surface area contributed by atoms with Gasteiger partial charge in [-0.1, -0.05) is 72.3 Å². The normalized spacial score (nSPS) is 14.0. The monoisotopic (exact) mass is 450 g/mol. The Hall–Kier alpha value is -3.18. The van der Waals surface area contributed by atoms with Gasteiger partial charge in [0.15, 0.2) is 0 Å². The Labute approximate surface area is 192 Å². The summed E-state index contributed by atoms with van der Waals surface area (Å²) in [4.78, 5) is 29.2. The van der Waals surface area contributed by atoms with Crippen LogP contribution in [0.1, 0.15) is 33.8 Å². The molecule has 32 heavy (non-hydrogen) atoms. The Morgan fingerprint density at radius 2 is 1.34 bits per heavy atom. The molecule has 164 valence electrons. The van der Waals surface area contributed by atoms with Crippen LogP contribution in [0.2, 0.25) is 5.02 Å². The zero-order valence-electron chi connectivity index (χ0n) is 17.6. The summed E-state index contributed by atoms with van der Waals surface area (Å²) in [6.45, 7) is 1.56. The van der Waals surface area contributed by atoms with Gasteiger partial charge in [0.25, 0.3) is 5.91 Å². The number of carbonyl (C=O) groups is 2. The third kappa shape index (κ3) is 5.00. The molecule has 2 amide bonds. The number of piperazine rings is 1. The third-order valence-electron chi connectivity index (χ3n) is 5.86. The number of hydrogen-bond acceptors (Lipinski definition) is 2. The molecule has 3 aromatic carbocycles. The molecule has 0 spiro atoms. The van der Waals surface area contributed by atoms with Crippen molar-refractivity contribution in [3.05, 3.63) is 106 Å². The minimum absolute atomic E-state index is 0.0366. The van der Waals surface area contributed by atoms with E-state index in [0.29, 0.717) is 37.6 Å². The van der Waals surface area contributed by atoms with E-state index in [9.17, 15) is 14.0 Å². The van der Waals surface area contributed by atoms with Gasteiger partial charge in [0.05, 0.1) is 5.56 Å². The van der Waals surface area contributed by atoms with Gasteiger partial charge in [0.1, 0.15) is 5.82 Å². The highest BCUT2D eigenvalue weighted by Crippen LogP contribution is 2.29. The fraction of sp³-hybridized carbons (Fsp3) is 0.231. The van der Waals surface area contributed by atoms with Crippen LogP contribution in [-0.2, 0) is 4.79 Å². The van der Waals surface area contributed by atoms with E-state index in [0.717, 1.165) is 11.1 Å². The summed E-state index contributed by atoms with van der Waals surface area (Å²) >= 11 is 5.92. The van der Waals surface area contributed by atoms with Crippen molar-refractivity contribution in [2.75, 3.05) is 26.2 Å². The second-order valence-electron chi connectivity index (χ2n) is 7.88. The second kappa shape index (κ2) is 9.96. The summed E-state index contributed by atoms with van der Waals surface area (Å²) in [5.74, 6) is -0.983. The Balaban J connectivity index is 1.42. The van der Waals surface area contributed by atoms with E-state index in [1.54, 1.807) is 9.80 Å². The molecule has 1 heterocycles. The third-order valence-corrected chi connectivity index (χ3v) is 6.10. The fourth-order valence-corrected chi connectivity index (χ4v) is 4.27. The van der Waals surface area contributed by atoms with Crippen molar-refractivity contribution >= 4 is 23.4 Å². The first-order chi connectivity index (χ1) is 15.5. The summed E-state index contributed by atoms with van der Waals surface area (Å²) in [5.41, 5.74) is 2.15. The Bertz CT molecular complexity index is 1040. The zero-order chi connectivity index (χ0) is 22.5. The van der Waals surface area contributed by atoms with Crippen molar-refractivity contribution in [2.45, 2.75) is 12.3 Å². The van der Waals surface area contributed by atoms with E-state index < -0.39 is 11.7 Å². The maximum Gasteiger partial charge on any atom is 0.257 e. The average Bonchev–Trinajstić information content (AvgIpc) is 2.84. The smallest absolute Gasteiger partial charge is 0.257 e. The Morgan fingerprint density at radius 1 is 0.812 bits per heavy atom. The summed E-state index contributed by atoms with van der Waals surface area (Å²) in [7, 11) is 0. The van der Waals surface area contributed by atoms with Gasteiger partial charge >= 0.3 is 0 Å². The standard InChI is InChI=1S/C26H24ClFN2O2/c27-21-11-12-24(28)23(17-21)26(32)30-15-13-29(14-16-30)25(31)18-22(19-7-3-1-4-8-19)20-9-5-2-6-10-20/h1-12,17,22H,13-16,18H2. The molecular formula is C26H24ClFN2O2. The second-order valence-corrected chi connectivity index (χ2v) is 8.31. The van der Waals surface area contributed by atoms with Crippen LogP contribution in [-0.4, -0.2) is 47.8 Å². The van der Waals surface area contributed by atoms with Crippen LogP contribution in [0.3, 0.4) is 0 Å². The van der Waals surface area contributed by atoms with Crippen molar-refractivity contribution in [1.29, 1.82) is 0 Å². The molecule has 1 aliphatic rings. The van der Waals surface area contributed by atoms with E-state index in [-0.39, 0.29) is 17.4 Å². The Kier molecular flexibility index (Phi) is 6.86. The highest BCUT2D eigenvalue weighted by Gasteiger charge is 2.28. The number of amides is 2. The molecule has 4 rings (SSSR count). The minimum atomic E-state index is -0.591. The molecule has 0 unspecified atom stereocenters. The summed E-state index contributed by atoms with van der Waals surface area (Å²) < 4.78 is 14.1. The maximum atomic E-state index is 14.1. The van der Waals surface area contributed by atoms with Crippen LogP contribution >= 0.6 is 11.6 Å². The van der Waals surface area contributed by atoms with Gasteiger partial charge in [-0.3, -0.25) is 9.59 Å². The lowest BCUT2D eigenvalue weighted by Gasteiger charge is -2.35. The van der Waals surface area contributed by atoms with Gasteiger partial charge in [0, 0.05) is 43.5 Å². The molecule has 3 aromatic rings. The van der Waals surface area contributed by atoms with Gasteiger partial charge in [-0.05, 0) is 29.3 Å². The SMILES string of the molecule is O=C(CC(c1ccccc1)c1ccccc1)N1CCN(C(=O)c2cc(Cl)ccc2F)CC1. The van der Waals surface area contributed by atoms with Gasteiger partial charge < -0.3 is 9.80 Å². The van der Waals surface area contributed by atoms with Crippen LogP contribution < -0.4 is 0 Å². The first-order valence-electron chi connectivity index (χ1n) is 10.6. The molecule has 0 atom stereocenters. The zero-order valence-corrected chi connectivity index (χ0v) is 18.3. The molecule has 0 N–H and O–H groups in total. The first kappa shape index (κ1) is 22.0. The molecule has 4 nitrogen and oxygen atoms in total. The molecule has 1 aliphatic heterocycles. The highest BCUT2D eigenvalue weighted by atomic mass is 35.5. The van der Waals surface area contributed by atoms with Crippen LogP contribution in [0.15, 0.2) is 78.9 Å². The summed E-state index contributed by atoms with van der Waals surface area (Å²) in [5, 5.41) is 0.316. The van der Waals surface area contributed by atoms with Crippen LogP contribution in [0.5, 0.6) is 0 Å². The average molecular weight is 451 g/mol. The molecule has 1 fully saturated rings. The van der Waals surface area contributed by atoms with Gasteiger partial charge in [-0.2, -0.15) is 0 Å². The number of benzene rings is 3. The summed E-state index contributed by atoms with van der Waals surface area (Å²) in [6.07, 6.45) is 0.352. The van der Waals surface area contributed by atoms with E-state index in [1.165, 1.54) is 18.2 Å². The number of rotatable bonds is 5. The first-order valence-corrected chi connectivity index (χ1v) is 11.0. The molecule has 0 aromatic heterocycles. The van der Waals surface area contributed by atoms with Crippen LogP contribution in [0, 0.1) is 5.82 Å². The number of nitrogens with zero attached hydrogens (tertiary/aromatic N) is 2. The van der Waals surface area contributed by atoms with Crippen molar-refractivity contribution in [3.8, 4) is 0 Å². The molecule has 0 radical (unpaired) electrons. The van der Waals surface area contributed by atoms with E-state index >= 15 is 0 Å². The van der Waals surface area contributed by atoms with E-state index in [2.05, 4.69) is 0 Å². The predicted octanol–water partition coefficient (Wildman–Crippen LogP) is 4.99. The number of halogens is 2. The quantitative estimate of drug-likeness (QED) is 0.549. The minimum Gasteiger partial charge on any atom is -0.339 e. The molecule has 0 aliphatic carbocycles.